The van der Waals surface area contributed by atoms with E-state index in [1.54, 1.807) is 22.7 Å². The van der Waals surface area contributed by atoms with Gasteiger partial charge < -0.3 is 4.40 Å². The molecule has 164 valence electrons. The molecule has 6 aromatic rings. The monoisotopic (exact) mass is 490 g/mol. The smallest absolute Gasteiger partial charge is 0.136 e. The van der Waals surface area contributed by atoms with Gasteiger partial charge in [-0.3, -0.25) is 9.67 Å². The number of nitrogens with zero attached hydrogens (tertiary/aromatic N) is 6. The minimum Gasteiger partial charge on any atom is -0.306 e. The van der Waals surface area contributed by atoms with Gasteiger partial charge in [-0.2, -0.15) is 5.10 Å². The van der Waals surface area contributed by atoms with Crippen molar-refractivity contribution in [2.45, 2.75) is 26.3 Å². The van der Waals surface area contributed by atoms with Crippen molar-refractivity contribution in [1.82, 2.24) is 29.1 Å². The molecule has 6 nitrogen and oxygen atoms in total. The van der Waals surface area contributed by atoms with Gasteiger partial charge in [0.25, 0.3) is 0 Å². The standard InChI is InChI=1S/C24H19ClN6S2/c1-15-10-30-11-16(2-6-23(30)27-15)12-31-13-17-18(26-9-8-19(17)29-31)3-7-24-28-20(14-32-24)21-4-5-22(25)33-21/h2,4-6,8-11,13-14H,3,7,12H2,1H3. The van der Waals surface area contributed by atoms with Crippen LogP contribution in [0.3, 0.4) is 0 Å². The zero-order valence-corrected chi connectivity index (χ0v) is 20.2. The van der Waals surface area contributed by atoms with Crippen LogP contribution in [-0.2, 0) is 19.4 Å². The molecule has 0 spiro atoms. The van der Waals surface area contributed by atoms with Gasteiger partial charge >= 0.3 is 0 Å². The van der Waals surface area contributed by atoms with Gasteiger partial charge in [-0.05, 0) is 43.2 Å². The lowest BCUT2D eigenvalue weighted by molar-refractivity contribution is 0.692. The highest BCUT2D eigenvalue weighted by atomic mass is 35.5. The predicted molar refractivity (Wildman–Crippen MR) is 134 cm³/mol. The topological polar surface area (TPSA) is 60.9 Å². The van der Waals surface area contributed by atoms with E-state index in [1.807, 2.05) is 48.3 Å². The van der Waals surface area contributed by atoms with Gasteiger partial charge in [-0.15, -0.1) is 22.7 Å². The van der Waals surface area contributed by atoms with Crippen LogP contribution in [0.5, 0.6) is 0 Å². The van der Waals surface area contributed by atoms with E-state index < -0.39 is 0 Å². The molecule has 0 saturated heterocycles. The Labute approximate surface area is 203 Å². The van der Waals surface area contributed by atoms with Crippen molar-refractivity contribution >= 4 is 50.8 Å². The molecule has 0 radical (unpaired) electrons. The lowest BCUT2D eigenvalue weighted by atomic mass is 10.1. The third-order valence-electron chi connectivity index (χ3n) is 5.49. The van der Waals surface area contributed by atoms with Crippen molar-refractivity contribution in [3.05, 3.63) is 86.8 Å². The molecule has 0 amide bonds. The van der Waals surface area contributed by atoms with Crippen LogP contribution in [0.15, 0.2) is 60.5 Å². The first-order valence-electron chi connectivity index (χ1n) is 10.6. The summed E-state index contributed by atoms with van der Waals surface area (Å²) in [7, 11) is 0. The molecule has 6 aromatic heterocycles. The summed E-state index contributed by atoms with van der Waals surface area (Å²) in [5.74, 6) is 0. The molecule has 0 saturated carbocycles. The summed E-state index contributed by atoms with van der Waals surface area (Å²) >= 11 is 9.31. The lowest BCUT2D eigenvalue weighted by Gasteiger charge is -2.02. The summed E-state index contributed by atoms with van der Waals surface area (Å²) in [6.45, 7) is 2.70. The highest BCUT2D eigenvalue weighted by molar-refractivity contribution is 7.19. The maximum atomic E-state index is 6.07. The molecule has 0 atom stereocenters. The Hall–Kier alpha value is -3.07. The van der Waals surface area contributed by atoms with Crippen molar-refractivity contribution in [2.24, 2.45) is 0 Å². The Balaban J connectivity index is 1.21. The number of imidazole rings is 1. The Kier molecular flexibility index (Phi) is 5.21. The maximum absolute atomic E-state index is 6.07. The minimum absolute atomic E-state index is 0.695. The average Bonchev–Trinajstić information content (AvgIpc) is 3.57. The van der Waals surface area contributed by atoms with E-state index in [4.69, 9.17) is 21.7 Å². The second-order valence-corrected chi connectivity index (χ2v) is 10.6. The lowest BCUT2D eigenvalue weighted by Crippen LogP contribution is -2.01. The summed E-state index contributed by atoms with van der Waals surface area (Å²) in [4.78, 5) is 15.0. The van der Waals surface area contributed by atoms with E-state index in [0.717, 1.165) is 60.7 Å². The predicted octanol–water partition coefficient (Wildman–Crippen LogP) is 6.06. The maximum Gasteiger partial charge on any atom is 0.136 e. The molecule has 0 aromatic carbocycles. The fourth-order valence-corrected chi connectivity index (χ4v) is 5.87. The summed E-state index contributed by atoms with van der Waals surface area (Å²) in [5, 5.41) is 9.08. The molecule has 6 heterocycles. The van der Waals surface area contributed by atoms with Crippen LogP contribution in [0.25, 0.3) is 27.1 Å². The van der Waals surface area contributed by atoms with Crippen LogP contribution < -0.4 is 0 Å². The molecule has 33 heavy (non-hydrogen) atoms. The van der Waals surface area contributed by atoms with Crippen molar-refractivity contribution < 1.29 is 0 Å². The van der Waals surface area contributed by atoms with Crippen LogP contribution >= 0.6 is 34.3 Å². The summed E-state index contributed by atoms with van der Waals surface area (Å²) in [5.41, 5.74) is 6.16. The van der Waals surface area contributed by atoms with Crippen LogP contribution in [0.2, 0.25) is 4.34 Å². The van der Waals surface area contributed by atoms with Crippen LogP contribution in [0, 0.1) is 6.92 Å². The number of thiazole rings is 1. The van der Waals surface area contributed by atoms with E-state index in [1.165, 1.54) is 5.56 Å². The van der Waals surface area contributed by atoms with Crippen molar-refractivity contribution in [3.8, 4) is 10.6 Å². The molecule has 0 bridgehead atoms. The zero-order chi connectivity index (χ0) is 22.4. The molecule has 0 aliphatic heterocycles. The first-order valence-corrected chi connectivity index (χ1v) is 12.6. The number of halogens is 1. The first-order chi connectivity index (χ1) is 16.1. The number of pyridine rings is 2. The molecular weight excluding hydrogens is 472 g/mol. The fraction of sp³-hybridized carbons (Fsp3) is 0.167. The minimum atomic E-state index is 0.695. The van der Waals surface area contributed by atoms with Crippen LogP contribution in [0.1, 0.15) is 22.0 Å². The Morgan fingerprint density at radius 3 is 2.82 bits per heavy atom. The Morgan fingerprint density at radius 2 is 1.94 bits per heavy atom. The Bertz CT molecular complexity index is 1590. The number of hydrogen-bond donors (Lipinski definition) is 0. The van der Waals surface area contributed by atoms with Gasteiger partial charge in [0.05, 0.1) is 43.4 Å². The molecule has 9 heteroatoms. The number of aryl methyl sites for hydroxylation is 3. The third kappa shape index (κ3) is 4.17. The second kappa shape index (κ2) is 8.37. The largest absolute Gasteiger partial charge is 0.306 e. The van der Waals surface area contributed by atoms with Crippen molar-refractivity contribution in [1.29, 1.82) is 0 Å². The molecule has 0 fully saturated rings. The fourth-order valence-electron chi connectivity index (χ4n) is 3.99. The SMILES string of the molecule is Cc1cn2cc(Cn3cc4c(CCc5nc(-c6ccc(Cl)s6)cs5)nccc4n3)ccc2n1. The van der Waals surface area contributed by atoms with E-state index >= 15 is 0 Å². The van der Waals surface area contributed by atoms with E-state index in [9.17, 15) is 0 Å². The van der Waals surface area contributed by atoms with Gasteiger partial charge in [-0.25, -0.2) is 9.97 Å². The molecule has 6 rings (SSSR count). The van der Waals surface area contributed by atoms with E-state index in [-0.39, 0.29) is 0 Å². The summed E-state index contributed by atoms with van der Waals surface area (Å²) < 4.78 is 4.84. The van der Waals surface area contributed by atoms with E-state index in [2.05, 4.69) is 38.2 Å². The van der Waals surface area contributed by atoms with Crippen molar-refractivity contribution in [3.63, 3.8) is 0 Å². The molecule has 0 unspecified atom stereocenters. The highest BCUT2D eigenvalue weighted by Crippen LogP contribution is 2.32. The number of rotatable bonds is 6. The normalized spacial score (nSPS) is 11.7. The number of hydrogen-bond acceptors (Lipinski definition) is 6. The second-order valence-electron chi connectivity index (χ2n) is 7.93. The zero-order valence-electron chi connectivity index (χ0n) is 17.8. The number of fused-ring (bicyclic) bond motifs is 2. The van der Waals surface area contributed by atoms with Crippen LogP contribution in [0.4, 0.5) is 0 Å². The summed E-state index contributed by atoms with van der Waals surface area (Å²) in [6.07, 6.45) is 9.76. The molecule has 0 aliphatic carbocycles. The highest BCUT2D eigenvalue weighted by Gasteiger charge is 2.11. The summed E-state index contributed by atoms with van der Waals surface area (Å²) in [6, 6.07) is 10.1. The number of aromatic nitrogens is 6. The van der Waals surface area contributed by atoms with Crippen LogP contribution in [-0.4, -0.2) is 29.1 Å². The van der Waals surface area contributed by atoms with Gasteiger partial charge in [0.15, 0.2) is 0 Å². The molecule has 0 aliphatic rings. The van der Waals surface area contributed by atoms with E-state index in [0.29, 0.717) is 6.54 Å². The van der Waals surface area contributed by atoms with Gasteiger partial charge in [0.1, 0.15) is 5.65 Å². The average molecular weight is 491 g/mol. The molecule has 0 N–H and O–H groups in total. The third-order valence-corrected chi connectivity index (χ3v) is 7.66. The van der Waals surface area contributed by atoms with Gasteiger partial charge in [-0.1, -0.05) is 17.7 Å². The quantitative estimate of drug-likeness (QED) is 0.285. The first kappa shape index (κ1) is 20.5. The molecular formula is C24H19ClN6S2. The van der Waals surface area contributed by atoms with Gasteiger partial charge in [0, 0.05) is 42.0 Å². The number of thiophene rings is 1. The van der Waals surface area contributed by atoms with Gasteiger partial charge in [0.2, 0.25) is 0 Å². The van der Waals surface area contributed by atoms with Crippen molar-refractivity contribution in [2.75, 3.05) is 0 Å². The Morgan fingerprint density at radius 1 is 1.00 bits per heavy atom.